The van der Waals surface area contributed by atoms with Gasteiger partial charge in [0.15, 0.2) is 5.11 Å². The maximum atomic E-state index is 11.9. The van der Waals surface area contributed by atoms with Crippen molar-refractivity contribution in [2.24, 2.45) is 0 Å². The van der Waals surface area contributed by atoms with E-state index in [-0.39, 0.29) is 5.91 Å². The van der Waals surface area contributed by atoms with Crippen molar-refractivity contribution < 1.29 is 4.79 Å². The van der Waals surface area contributed by atoms with Crippen molar-refractivity contribution >= 4 is 72.1 Å². The van der Waals surface area contributed by atoms with Crippen LogP contribution in [0.25, 0.3) is 0 Å². The van der Waals surface area contributed by atoms with Crippen molar-refractivity contribution in [3.05, 3.63) is 49.0 Å². The summed E-state index contributed by atoms with van der Waals surface area (Å²) in [6, 6.07) is 9.53. The van der Waals surface area contributed by atoms with Gasteiger partial charge in [-0.1, -0.05) is 12.1 Å². The monoisotopic (exact) mass is 447 g/mol. The Morgan fingerprint density at radius 2 is 2.00 bits per heavy atom. The Labute approximate surface area is 148 Å². The van der Waals surface area contributed by atoms with Crippen LogP contribution in [-0.2, 0) is 0 Å². The highest BCUT2D eigenvalue weighted by atomic mass is 79.9. The number of hydrogen-bond acceptors (Lipinski definition) is 3. The maximum Gasteiger partial charge on any atom is 0.279 e. The van der Waals surface area contributed by atoms with Crippen LogP contribution >= 0.6 is 55.4 Å². The summed E-state index contributed by atoms with van der Waals surface area (Å²) in [4.78, 5) is 12.5. The first kappa shape index (κ1) is 16.4. The third kappa shape index (κ3) is 4.77. The largest absolute Gasteiger partial charge is 0.331 e. The van der Waals surface area contributed by atoms with Gasteiger partial charge in [-0.05, 0) is 74.8 Å². The van der Waals surface area contributed by atoms with E-state index in [2.05, 4.69) is 48.0 Å². The van der Waals surface area contributed by atoms with E-state index in [1.807, 2.05) is 31.2 Å². The number of halogens is 2. The zero-order chi connectivity index (χ0) is 15.4. The molecule has 3 N–H and O–H groups in total. The second-order valence-electron chi connectivity index (χ2n) is 4.14. The summed E-state index contributed by atoms with van der Waals surface area (Å²) < 4.78 is 1.71. The molecule has 1 heterocycles. The van der Waals surface area contributed by atoms with Gasteiger partial charge in [-0.2, -0.15) is 0 Å². The number of carbonyl (C=O) groups excluding carboxylic acids is 1. The van der Waals surface area contributed by atoms with Crippen LogP contribution in [0.5, 0.6) is 0 Å². The normalized spacial score (nSPS) is 10.0. The molecular formula is C13H11Br2N3OS2. The summed E-state index contributed by atoms with van der Waals surface area (Å²) in [7, 11) is 0. The van der Waals surface area contributed by atoms with E-state index in [1.54, 1.807) is 6.07 Å². The highest BCUT2D eigenvalue weighted by Gasteiger charge is 2.12. The van der Waals surface area contributed by atoms with E-state index in [0.717, 1.165) is 19.5 Å². The predicted molar refractivity (Wildman–Crippen MR) is 97.7 cm³/mol. The zero-order valence-electron chi connectivity index (χ0n) is 10.9. The number of thiocarbonyl (C=S) groups is 1. The summed E-state index contributed by atoms with van der Waals surface area (Å²) in [5.74, 6) is -0.250. The highest BCUT2D eigenvalue weighted by molar-refractivity contribution is 9.13. The number of nitrogens with one attached hydrogen (secondary N) is 3. The molecule has 0 fully saturated rings. The molecule has 1 aromatic carbocycles. The SMILES string of the molecule is Cc1cccc(NC(=S)NNC(=O)c2cc(Br)c(Br)s2)c1. The lowest BCUT2D eigenvalue weighted by Crippen LogP contribution is -2.43. The molecular weight excluding hydrogens is 438 g/mol. The number of benzene rings is 1. The fourth-order valence-corrected chi connectivity index (χ4v) is 3.62. The highest BCUT2D eigenvalue weighted by Crippen LogP contribution is 2.32. The lowest BCUT2D eigenvalue weighted by atomic mass is 10.2. The van der Waals surface area contributed by atoms with Crippen LogP contribution in [0.15, 0.2) is 38.6 Å². The maximum absolute atomic E-state index is 11.9. The number of anilines is 1. The quantitative estimate of drug-likeness (QED) is 0.475. The number of thiophene rings is 1. The van der Waals surface area contributed by atoms with Crippen LogP contribution < -0.4 is 16.2 Å². The molecule has 4 nitrogen and oxygen atoms in total. The first-order valence-electron chi connectivity index (χ1n) is 5.84. The Balaban J connectivity index is 1.88. The van der Waals surface area contributed by atoms with Crippen molar-refractivity contribution in [1.29, 1.82) is 0 Å². The molecule has 21 heavy (non-hydrogen) atoms. The molecule has 0 radical (unpaired) electrons. The third-order valence-electron chi connectivity index (χ3n) is 2.43. The molecule has 8 heteroatoms. The molecule has 0 aliphatic rings. The van der Waals surface area contributed by atoms with Crippen molar-refractivity contribution in [3.8, 4) is 0 Å². The molecule has 110 valence electrons. The fourth-order valence-electron chi connectivity index (χ4n) is 1.52. The van der Waals surface area contributed by atoms with Gasteiger partial charge in [-0.25, -0.2) is 0 Å². The minimum absolute atomic E-state index is 0.250. The van der Waals surface area contributed by atoms with Crippen LogP contribution in [0.4, 0.5) is 5.69 Å². The molecule has 0 bridgehead atoms. The van der Waals surface area contributed by atoms with Gasteiger partial charge in [0.2, 0.25) is 0 Å². The Bertz CT molecular complexity index is 668. The number of aryl methyl sites for hydroxylation is 1. The molecule has 0 atom stereocenters. The lowest BCUT2D eigenvalue weighted by molar-refractivity contribution is 0.0948. The van der Waals surface area contributed by atoms with Gasteiger partial charge < -0.3 is 5.32 Å². The van der Waals surface area contributed by atoms with Gasteiger partial charge in [0.25, 0.3) is 5.91 Å². The standard InChI is InChI=1S/C13H11Br2N3OS2/c1-7-3-2-4-8(5-7)16-13(20)18-17-12(19)10-6-9(14)11(15)21-10/h2-6H,1H3,(H,17,19)(H2,16,18,20). The van der Waals surface area contributed by atoms with Gasteiger partial charge in [-0.15, -0.1) is 11.3 Å². The molecule has 1 amide bonds. The molecule has 2 rings (SSSR count). The third-order valence-corrected chi connectivity index (χ3v) is 5.89. The Kier molecular flexibility index (Phi) is 5.74. The van der Waals surface area contributed by atoms with E-state index in [9.17, 15) is 4.79 Å². The van der Waals surface area contributed by atoms with E-state index in [4.69, 9.17) is 12.2 Å². The van der Waals surface area contributed by atoms with Crippen molar-refractivity contribution in [2.45, 2.75) is 6.92 Å². The molecule has 0 spiro atoms. The fraction of sp³-hybridized carbons (Fsp3) is 0.0769. The second kappa shape index (κ2) is 7.35. The molecule has 0 saturated carbocycles. The van der Waals surface area contributed by atoms with E-state index in [0.29, 0.717) is 9.99 Å². The van der Waals surface area contributed by atoms with Crippen LogP contribution in [-0.4, -0.2) is 11.0 Å². The van der Waals surface area contributed by atoms with Gasteiger partial charge in [0, 0.05) is 10.2 Å². The average molecular weight is 449 g/mol. The van der Waals surface area contributed by atoms with Crippen molar-refractivity contribution in [1.82, 2.24) is 10.9 Å². The molecule has 0 saturated heterocycles. The molecule has 0 aliphatic heterocycles. The van der Waals surface area contributed by atoms with Gasteiger partial charge in [0.1, 0.15) is 0 Å². The van der Waals surface area contributed by atoms with Crippen LogP contribution in [0.3, 0.4) is 0 Å². The summed E-state index contributed by atoms with van der Waals surface area (Å²) >= 11 is 13.1. The topological polar surface area (TPSA) is 53.2 Å². The van der Waals surface area contributed by atoms with Gasteiger partial charge in [0.05, 0.1) is 8.66 Å². The minimum Gasteiger partial charge on any atom is -0.331 e. The Hall–Kier alpha value is -0.960. The predicted octanol–water partition coefficient (Wildman–Crippen LogP) is 4.21. The molecule has 0 unspecified atom stereocenters. The van der Waals surface area contributed by atoms with Gasteiger partial charge in [-0.3, -0.25) is 15.6 Å². The number of carbonyl (C=O) groups is 1. The van der Waals surface area contributed by atoms with Crippen LogP contribution in [0.2, 0.25) is 0 Å². The first-order chi connectivity index (χ1) is 9.95. The lowest BCUT2D eigenvalue weighted by Gasteiger charge is -2.11. The summed E-state index contributed by atoms with van der Waals surface area (Å²) in [6.45, 7) is 2.00. The van der Waals surface area contributed by atoms with E-state index in [1.165, 1.54) is 11.3 Å². The van der Waals surface area contributed by atoms with Crippen molar-refractivity contribution in [2.75, 3.05) is 5.32 Å². The van der Waals surface area contributed by atoms with Gasteiger partial charge >= 0.3 is 0 Å². The molecule has 2 aromatic rings. The Morgan fingerprint density at radius 1 is 1.24 bits per heavy atom. The number of hydrazine groups is 1. The van der Waals surface area contributed by atoms with Crippen LogP contribution in [0.1, 0.15) is 15.2 Å². The number of rotatable bonds is 2. The van der Waals surface area contributed by atoms with Crippen LogP contribution in [0, 0.1) is 6.92 Å². The van der Waals surface area contributed by atoms with E-state index < -0.39 is 0 Å². The summed E-state index contributed by atoms with van der Waals surface area (Å²) in [5, 5.41) is 3.32. The van der Waals surface area contributed by atoms with E-state index >= 15 is 0 Å². The first-order valence-corrected chi connectivity index (χ1v) is 8.65. The Morgan fingerprint density at radius 3 is 2.62 bits per heavy atom. The second-order valence-corrected chi connectivity index (χ2v) is 7.77. The molecule has 1 aromatic heterocycles. The number of amides is 1. The number of hydrogen-bond donors (Lipinski definition) is 3. The average Bonchev–Trinajstić information content (AvgIpc) is 2.76. The smallest absolute Gasteiger partial charge is 0.279 e. The minimum atomic E-state index is -0.250. The molecule has 0 aliphatic carbocycles. The summed E-state index contributed by atoms with van der Waals surface area (Å²) in [5.41, 5.74) is 7.21. The van der Waals surface area contributed by atoms with Crippen molar-refractivity contribution in [3.63, 3.8) is 0 Å². The zero-order valence-corrected chi connectivity index (χ0v) is 15.7. The summed E-state index contributed by atoms with van der Waals surface area (Å²) in [6.07, 6.45) is 0.